The number of halogens is 7. The van der Waals surface area contributed by atoms with E-state index in [1.165, 1.54) is 29.9 Å². The quantitative estimate of drug-likeness (QED) is 0.116. The lowest BCUT2D eigenvalue weighted by Crippen LogP contribution is -2.55. The summed E-state index contributed by atoms with van der Waals surface area (Å²) < 4.78 is 70.9. The fourth-order valence-corrected chi connectivity index (χ4v) is 6.80. The van der Waals surface area contributed by atoms with Crippen molar-refractivity contribution in [3.05, 3.63) is 77.8 Å². The molecule has 10 nitrogen and oxygen atoms in total. The van der Waals surface area contributed by atoms with Crippen molar-refractivity contribution in [3.8, 4) is 11.3 Å². The molecule has 46 heavy (non-hydrogen) atoms. The molecule has 2 amide bonds. The van der Waals surface area contributed by atoms with Crippen molar-refractivity contribution in [2.75, 3.05) is 5.88 Å². The number of nitrogens with one attached hydrogen (secondary N) is 2. The minimum atomic E-state index is -4.77. The van der Waals surface area contributed by atoms with E-state index in [1.54, 1.807) is 19.2 Å². The maximum absolute atomic E-state index is 13.7. The van der Waals surface area contributed by atoms with E-state index in [9.17, 15) is 36.3 Å². The molecule has 0 fully saturated rings. The number of carbonyl (C=O) groups is 2. The summed E-state index contributed by atoms with van der Waals surface area (Å²) in [6, 6.07) is 2.15. The summed E-state index contributed by atoms with van der Waals surface area (Å²) in [5.74, 6) is -1.05. The van der Waals surface area contributed by atoms with E-state index in [1.807, 2.05) is 0 Å². The lowest BCUT2D eigenvalue weighted by atomic mass is 10.0. The van der Waals surface area contributed by atoms with Gasteiger partial charge in [0.05, 0.1) is 28.9 Å². The van der Waals surface area contributed by atoms with E-state index >= 15 is 0 Å². The average molecular weight is 800 g/mol. The normalized spacial score (nSPS) is 12.8. The molecule has 0 saturated carbocycles. The van der Waals surface area contributed by atoms with Crippen molar-refractivity contribution in [1.29, 1.82) is 0 Å². The van der Waals surface area contributed by atoms with Crippen LogP contribution in [0.3, 0.4) is 0 Å². The van der Waals surface area contributed by atoms with Gasteiger partial charge in [0, 0.05) is 52.3 Å². The Morgan fingerprint density at radius 2 is 1.89 bits per heavy atom. The predicted octanol–water partition coefficient (Wildman–Crippen LogP) is 5.24. The van der Waals surface area contributed by atoms with Crippen molar-refractivity contribution in [2.45, 2.75) is 57.5 Å². The minimum Gasteiger partial charge on any atom is -0.348 e. The number of nitrogens with zero attached hydrogens (tertiary/aromatic N) is 5. The van der Waals surface area contributed by atoms with Gasteiger partial charge in [0.25, 0.3) is 5.91 Å². The van der Waals surface area contributed by atoms with Gasteiger partial charge in [-0.2, -0.15) is 32.1 Å². The van der Waals surface area contributed by atoms with Gasteiger partial charge in [0.1, 0.15) is 6.04 Å². The van der Waals surface area contributed by atoms with Gasteiger partial charge in [0.15, 0.2) is 5.69 Å². The van der Waals surface area contributed by atoms with Gasteiger partial charge in [-0.3, -0.25) is 19.1 Å². The summed E-state index contributed by atoms with van der Waals surface area (Å²) >= 11 is 9.15. The maximum atomic E-state index is 13.7. The molecule has 0 aliphatic rings. The van der Waals surface area contributed by atoms with Crippen LogP contribution in [0, 0.1) is 3.57 Å². The highest BCUT2D eigenvalue weighted by molar-refractivity contribution is 14.1. The number of aromatic nitrogens is 5. The Morgan fingerprint density at radius 1 is 1.17 bits per heavy atom. The van der Waals surface area contributed by atoms with Gasteiger partial charge in [-0.25, -0.2) is 4.68 Å². The van der Waals surface area contributed by atoms with Crippen LogP contribution in [0.2, 0.25) is 0 Å². The minimum absolute atomic E-state index is 0.0497. The zero-order valence-corrected chi connectivity index (χ0v) is 28.3. The summed E-state index contributed by atoms with van der Waals surface area (Å²) in [5.41, 5.74) is -1.51. The molecule has 4 heterocycles. The molecule has 0 bridgehead atoms. The molecular formula is C28H28ClF5IN7O3S. The number of hydrogen-bond acceptors (Lipinski definition) is 6. The number of pyridine rings is 1. The van der Waals surface area contributed by atoms with Crippen LogP contribution in [0.25, 0.3) is 11.3 Å². The third-order valence-corrected chi connectivity index (χ3v) is 9.36. The van der Waals surface area contributed by atoms with Gasteiger partial charge < -0.3 is 15.2 Å². The van der Waals surface area contributed by atoms with Crippen molar-refractivity contribution >= 4 is 57.3 Å². The largest absolute Gasteiger partial charge is 0.435 e. The van der Waals surface area contributed by atoms with Crippen molar-refractivity contribution in [2.24, 2.45) is 7.05 Å². The third-order valence-electron chi connectivity index (χ3n) is 6.77. The molecular weight excluding hydrogens is 772 g/mol. The second kappa shape index (κ2) is 14.2. The number of amides is 2. The summed E-state index contributed by atoms with van der Waals surface area (Å²) in [6.45, 7) is -0.0611. The molecule has 0 aromatic carbocycles. The van der Waals surface area contributed by atoms with Crippen LogP contribution in [0.5, 0.6) is 0 Å². The number of aryl methyl sites for hydroxylation is 1. The summed E-state index contributed by atoms with van der Waals surface area (Å²) in [5, 5.41) is 14.5. The first-order valence-corrected chi connectivity index (χ1v) is 16.1. The zero-order chi connectivity index (χ0) is 34.0. The predicted molar refractivity (Wildman–Crippen MR) is 170 cm³/mol. The number of alkyl halides is 6. The fourth-order valence-electron chi connectivity index (χ4n) is 4.63. The van der Waals surface area contributed by atoms with Gasteiger partial charge >= 0.3 is 12.7 Å². The number of rotatable bonds is 12. The molecule has 0 aliphatic heterocycles. The summed E-state index contributed by atoms with van der Waals surface area (Å²) in [7, 11) is 1.45. The highest BCUT2D eigenvalue weighted by Gasteiger charge is 2.37. The summed E-state index contributed by atoms with van der Waals surface area (Å²) in [4.78, 5) is 39.3. The topological polar surface area (TPSA) is 116 Å². The molecule has 0 spiro atoms. The van der Waals surface area contributed by atoms with Gasteiger partial charge in [-0.05, 0) is 66.1 Å². The van der Waals surface area contributed by atoms with Crippen LogP contribution in [-0.2, 0) is 37.4 Å². The van der Waals surface area contributed by atoms with Crippen molar-refractivity contribution in [1.82, 2.24) is 34.8 Å². The van der Waals surface area contributed by atoms with Crippen molar-refractivity contribution < 1.29 is 31.5 Å². The summed E-state index contributed by atoms with van der Waals surface area (Å²) in [6.07, 6.45) is -1.00. The molecule has 0 aliphatic carbocycles. The molecule has 4 rings (SSSR count). The molecule has 4 aromatic heterocycles. The van der Waals surface area contributed by atoms with E-state index < -0.39 is 41.8 Å². The number of carbonyl (C=O) groups excluding carboxylic acids is 2. The molecule has 0 radical (unpaired) electrons. The van der Waals surface area contributed by atoms with Crippen LogP contribution >= 0.6 is 45.5 Å². The third kappa shape index (κ3) is 8.52. The van der Waals surface area contributed by atoms with Gasteiger partial charge in [-0.1, -0.05) is 0 Å². The van der Waals surface area contributed by atoms with E-state index in [0.29, 0.717) is 21.5 Å². The van der Waals surface area contributed by atoms with E-state index in [4.69, 9.17) is 11.6 Å². The smallest absolute Gasteiger partial charge is 0.348 e. The second-order valence-electron chi connectivity index (χ2n) is 11.0. The maximum Gasteiger partial charge on any atom is 0.435 e. The Bertz CT molecular complexity index is 1780. The fraction of sp³-hybridized carbons (Fsp3) is 0.393. The lowest BCUT2D eigenvalue weighted by Gasteiger charge is -2.30. The monoisotopic (exact) mass is 799 g/mol. The average Bonchev–Trinajstić information content (AvgIpc) is 3.69. The van der Waals surface area contributed by atoms with Crippen LogP contribution in [0.15, 0.2) is 47.0 Å². The Morgan fingerprint density at radius 3 is 2.50 bits per heavy atom. The Kier molecular flexibility index (Phi) is 11.0. The lowest BCUT2D eigenvalue weighted by molar-refractivity contribution is -0.141. The number of hydrogen-bond donors (Lipinski definition) is 2. The van der Waals surface area contributed by atoms with E-state index in [0.717, 1.165) is 38.0 Å². The highest BCUT2D eigenvalue weighted by atomic mass is 127. The SMILES string of the molecule is Cn1cc(-c2cc(C(F)(F)F)nn2CC(C)(C)NC(=O)[C@@H](Cc2cnn(C(F)F)c2)NC(=O)c2scc(I)c2CCCl)ccc1=O. The van der Waals surface area contributed by atoms with Gasteiger partial charge in [0.2, 0.25) is 11.5 Å². The molecule has 1 atom stereocenters. The molecule has 0 unspecified atom stereocenters. The molecule has 2 N–H and O–H groups in total. The molecule has 18 heteroatoms. The Balaban J connectivity index is 1.63. The highest BCUT2D eigenvalue weighted by Crippen LogP contribution is 2.32. The standard InChI is InChI=1S/C28H28ClF5IN7O3S/c1-27(2,14-42-20(9-21(39-42)28(32,33)34)16-4-5-22(43)40(3)12-16)38-24(44)19(8-15-10-36-41(11-15)26(30)31)37-25(45)23-17(6-7-29)18(35)13-46-23/h4-5,9-13,19,26H,6-8,14H2,1-3H3,(H,37,45)(H,38,44)/t19-/m1/s1. The molecule has 248 valence electrons. The Hall–Kier alpha value is -3.32. The van der Waals surface area contributed by atoms with Crippen LogP contribution in [0.1, 0.15) is 46.9 Å². The first kappa shape index (κ1) is 35.5. The van der Waals surface area contributed by atoms with Crippen LogP contribution in [0.4, 0.5) is 22.0 Å². The van der Waals surface area contributed by atoms with Crippen LogP contribution in [-0.4, -0.2) is 53.4 Å². The van der Waals surface area contributed by atoms with Gasteiger partial charge in [-0.15, -0.1) is 22.9 Å². The number of thiophene rings is 1. The Labute approximate surface area is 282 Å². The zero-order valence-electron chi connectivity index (χ0n) is 24.5. The second-order valence-corrected chi connectivity index (χ2v) is 13.4. The molecule has 0 saturated heterocycles. The first-order valence-electron chi connectivity index (χ1n) is 13.6. The van der Waals surface area contributed by atoms with E-state index in [2.05, 4.69) is 43.4 Å². The van der Waals surface area contributed by atoms with Crippen molar-refractivity contribution in [3.63, 3.8) is 0 Å². The first-order chi connectivity index (χ1) is 21.5. The molecule has 4 aromatic rings. The van der Waals surface area contributed by atoms with Crippen LogP contribution < -0.4 is 16.2 Å². The van der Waals surface area contributed by atoms with E-state index in [-0.39, 0.29) is 41.2 Å².